The summed E-state index contributed by atoms with van der Waals surface area (Å²) in [6, 6.07) is 10.5. The summed E-state index contributed by atoms with van der Waals surface area (Å²) < 4.78 is 5.44. The van der Waals surface area contributed by atoms with Gasteiger partial charge >= 0.3 is 0 Å². The molecule has 1 unspecified atom stereocenters. The molecule has 1 fully saturated rings. The van der Waals surface area contributed by atoms with Gasteiger partial charge in [-0.3, -0.25) is 16.3 Å². The van der Waals surface area contributed by atoms with Gasteiger partial charge in [0, 0.05) is 30.8 Å². The third kappa shape index (κ3) is 2.47. The molecule has 2 heterocycles. The van der Waals surface area contributed by atoms with Crippen LogP contribution in [0.2, 0.25) is 0 Å². The van der Waals surface area contributed by atoms with Gasteiger partial charge in [-0.25, -0.2) is 0 Å². The maximum Gasteiger partial charge on any atom is 0.0705 e. The van der Waals surface area contributed by atoms with Crippen molar-refractivity contribution in [2.24, 2.45) is 11.8 Å². The van der Waals surface area contributed by atoms with Crippen LogP contribution in [0, 0.1) is 5.92 Å². The zero-order chi connectivity index (χ0) is 13.1. The number of hydrogen-bond acceptors (Lipinski definition) is 4. The Labute approximate surface area is 112 Å². The largest absolute Gasteiger partial charge is 0.381 e. The minimum Gasteiger partial charge on any atom is -0.381 e. The predicted molar refractivity (Wildman–Crippen MR) is 75.4 cm³/mol. The van der Waals surface area contributed by atoms with Crippen LogP contribution in [-0.2, 0) is 4.74 Å². The molecule has 1 aliphatic rings. The van der Waals surface area contributed by atoms with Gasteiger partial charge in [-0.15, -0.1) is 0 Å². The molecule has 3 N–H and O–H groups in total. The summed E-state index contributed by atoms with van der Waals surface area (Å²) in [6.45, 7) is 1.65. The van der Waals surface area contributed by atoms with Crippen molar-refractivity contribution in [3.8, 4) is 0 Å². The number of benzene rings is 1. The molecular formula is C15H19N3O. The van der Waals surface area contributed by atoms with Crippen molar-refractivity contribution in [1.29, 1.82) is 0 Å². The Bertz CT molecular complexity index is 547. The van der Waals surface area contributed by atoms with E-state index in [0.29, 0.717) is 5.92 Å². The summed E-state index contributed by atoms with van der Waals surface area (Å²) >= 11 is 0. The molecule has 19 heavy (non-hydrogen) atoms. The second kappa shape index (κ2) is 5.65. The Morgan fingerprint density at radius 2 is 2.05 bits per heavy atom. The number of fused-ring (bicyclic) bond motifs is 1. The van der Waals surface area contributed by atoms with Gasteiger partial charge in [0.25, 0.3) is 0 Å². The van der Waals surface area contributed by atoms with Crippen LogP contribution in [0.3, 0.4) is 0 Å². The van der Waals surface area contributed by atoms with Gasteiger partial charge in [0.1, 0.15) is 0 Å². The molecule has 3 rings (SSSR count). The first-order valence-electron chi connectivity index (χ1n) is 6.77. The van der Waals surface area contributed by atoms with Gasteiger partial charge in [-0.05, 0) is 36.5 Å². The van der Waals surface area contributed by atoms with Crippen LogP contribution >= 0.6 is 0 Å². The van der Waals surface area contributed by atoms with Gasteiger partial charge in [0.2, 0.25) is 0 Å². The number of nitrogens with zero attached hydrogens (tertiary/aromatic N) is 1. The number of rotatable bonds is 3. The minimum atomic E-state index is 0.164. The molecule has 1 saturated heterocycles. The van der Waals surface area contributed by atoms with Crippen molar-refractivity contribution in [3.05, 3.63) is 42.1 Å². The summed E-state index contributed by atoms with van der Waals surface area (Å²) in [4.78, 5) is 4.41. The number of aromatic nitrogens is 1. The van der Waals surface area contributed by atoms with E-state index in [2.05, 4.69) is 22.5 Å². The zero-order valence-corrected chi connectivity index (χ0v) is 10.9. The quantitative estimate of drug-likeness (QED) is 0.653. The van der Waals surface area contributed by atoms with Crippen molar-refractivity contribution in [2.45, 2.75) is 18.9 Å². The number of hydrazine groups is 1. The lowest BCUT2D eigenvalue weighted by Crippen LogP contribution is -2.36. The van der Waals surface area contributed by atoms with E-state index in [4.69, 9.17) is 10.6 Å². The first-order valence-corrected chi connectivity index (χ1v) is 6.77. The molecule has 4 heteroatoms. The molecule has 0 radical (unpaired) electrons. The second-order valence-corrected chi connectivity index (χ2v) is 5.01. The van der Waals surface area contributed by atoms with Gasteiger partial charge in [-0.2, -0.15) is 0 Å². The molecule has 2 aromatic rings. The predicted octanol–water partition coefficient (Wildman–Crippen LogP) is 2.17. The lowest BCUT2D eigenvalue weighted by atomic mass is 9.86. The van der Waals surface area contributed by atoms with E-state index in [1.807, 2.05) is 24.4 Å². The van der Waals surface area contributed by atoms with E-state index < -0.39 is 0 Å². The van der Waals surface area contributed by atoms with Crippen molar-refractivity contribution in [3.63, 3.8) is 0 Å². The fourth-order valence-electron chi connectivity index (χ4n) is 2.93. The van der Waals surface area contributed by atoms with Crippen LogP contribution in [-0.4, -0.2) is 18.2 Å². The van der Waals surface area contributed by atoms with Crippen LogP contribution in [0.25, 0.3) is 10.9 Å². The molecule has 0 saturated carbocycles. The summed E-state index contributed by atoms with van der Waals surface area (Å²) in [6.07, 6.45) is 3.92. The monoisotopic (exact) mass is 257 g/mol. The lowest BCUT2D eigenvalue weighted by Gasteiger charge is -2.30. The highest BCUT2D eigenvalue weighted by atomic mass is 16.5. The molecule has 1 aliphatic heterocycles. The van der Waals surface area contributed by atoms with Crippen molar-refractivity contribution in [1.82, 2.24) is 10.4 Å². The van der Waals surface area contributed by atoms with E-state index in [1.165, 1.54) is 10.9 Å². The Hall–Kier alpha value is -1.49. The summed E-state index contributed by atoms with van der Waals surface area (Å²) in [5.41, 5.74) is 5.25. The number of ether oxygens (including phenoxy) is 1. The SMILES string of the molecule is NNC(c1cccc2ncccc12)C1CCOCC1. The molecular weight excluding hydrogens is 238 g/mol. The highest BCUT2D eigenvalue weighted by molar-refractivity contribution is 5.82. The zero-order valence-electron chi connectivity index (χ0n) is 10.9. The summed E-state index contributed by atoms with van der Waals surface area (Å²) in [5.74, 6) is 6.33. The van der Waals surface area contributed by atoms with E-state index in [-0.39, 0.29) is 6.04 Å². The second-order valence-electron chi connectivity index (χ2n) is 5.01. The van der Waals surface area contributed by atoms with Crippen molar-refractivity contribution < 1.29 is 4.74 Å². The minimum absolute atomic E-state index is 0.164. The Morgan fingerprint density at radius 3 is 2.84 bits per heavy atom. The summed E-state index contributed by atoms with van der Waals surface area (Å²) in [7, 11) is 0. The van der Waals surface area contributed by atoms with Crippen molar-refractivity contribution >= 4 is 10.9 Å². The Morgan fingerprint density at radius 1 is 1.21 bits per heavy atom. The maximum atomic E-state index is 5.82. The number of pyridine rings is 1. The average Bonchev–Trinajstić information content (AvgIpc) is 2.49. The number of nitrogens with one attached hydrogen (secondary N) is 1. The first kappa shape index (κ1) is 12.5. The number of nitrogens with two attached hydrogens (primary N) is 1. The summed E-state index contributed by atoms with van der Waals surface area (Å²) in [5, 5.41) is 1.18. The standard InChI is InChI=1S/C15H19N3O/c16-18-15(11-6-9-19-10-7-11)13-3-1-5-14-12(13)4-2-8-17-14/h1-5,8,11,15,18H,6-7,9-10,16H2. The Kier molecular flexibility index (Phi) is 3.73. The van der Waals surface area contributed by atoms with Crippen LogP contribution < -0.4 is 11.3 Å². The Balaban J connectivity index is 2.00. The molecule has 1 aromatic carbocycles. The van der Waals surface area contributed by atoms with Gasteiger partial charge in [0.15, 0.2) is 0 Å². The topological polar surface area (TPSA) is 60.2 Å². The number of hydrogen-bond donors (Lipinski definition) is 2. The average molecular weight is 257 g/mol. The van der Waals surface area contributed by atoms with E-state index >= 15 is 0 Å². The van der Waals surface area contributed by atoms with E-state index in [0.717, 1.165) is 31.6 Å². The highest BCUT2D eigenvalue weighted by Crippen LogP contribution is 2.32. The van der Waals surface area contributed by atoms with Gasteiger partial charge in [-0.1, -0.05) is 18.2 Å². The normalized spacial score (nSPS) is 18.6. The van der Waals surface area contributed by atoms with Gasteiger partial charge in [0.05, 0.1) is 5.52 Å². The van der Waals surface area contributed by atoms with Crippen molar-refractivity contribution in [2.75, 3.05) is 13.2 Å². The lowest BCUT2D eigenvalue weighted by molar-refractivity contribution is 0.0538. The van der Waals surface area contributed by atoms with E-state index in [9.17, 15) is 0 Å². The van der Waals surface area contributed by atoms with Gasteiger partial charge < -0.3 is 4.74 Å². The van der Waals surface area contributed by atoms with Crippen LogP contribution in [0.4, 0.5) is 0 Å². The molecule has 0 amide bonds. The molecule has 4 nitrogen and oxygen atoms in total. The molecule has 0 spiro atoms. The molecule has 1 aromatic heterocycles. The van der Waals surface area contributed by atoms with E-state index in [1.54, 1.807) is 0 Å². The van der Waals surface area contributed by atoms with Crippen LogP contribution in [0.15, 0.2) is 36.5 Å². The van der Waals surface area contributed by atoms with Crippen LogP contribution in [0.5, 0.6) is 0 Å². The molecule has 100 valence electrons. The smallest absolute Gasteiger partial charge is 0.0705 e. The fourth-order valence-corrected chi connectivity index (χ4v) is 2.93. The maximum absolute atomic E-state index is 5.82. The third-order valence-electron chi connectivity index (χ3n) is 3.93. The molecule has 0 bridgehead atoms. The highest BCUT2D eigenvalue weighted by Gasteiger charge is 2.25. The first-order chi connectivity index (χ1) is 9.40. The molecule has 0 aliphatic carbocycles. The van der Waals surface area contributed by atoms with Crippen LogP contribution in [0.1, 0.15) is 24.4 Å². The fraction of sp³-hybridized carbons (Fsp3) is 0.400. The molecule has 1 atom stereocenters. The third-order valence-corrected chi connectivity index (χ3v) is 3.93.